The number of nitrogens with zero attached hydrogens (tertiary/aromatic N) is 2. The molecule has 1 saturated carbocycles. The number of aryl methyl sites for hydroxylation is 1. The standard InChI is InChI=1S/C21H24N4O/c1-15-10-11-20-24-19(14-25(20)13-15)16-6-5-9-18(12-16)23-21(26)22-17-7-3-2-4-8-17/h5-6,9-14,17H,2-4,7-8H2,1H3,(H2,22,23,26). The highest BCUT2D eigenvalue weighted by molar-refractivity contribution is 5.90. The molecule has 0 bridgehead atoms. The molecule has 2 aromatic heterocycles. The average Bonchev–Trinajstić information content (AvgIpc) is 3.06. The maximum atomic E-state index is 12.3. The van der Waals surface area contributed by atoms with Crippen LogP contribution >= 0.6 is 0 Å². The number of hydrogen-bond acceptors (Lipinski definition) is 2. The third-order valence-electron chi connectivity index (χ3n) is 4.96. The van der Waals surface area contributed by atoms with Crippen molar-refractivity contribution in [3.05, 3.63) is 54.4 Å². The van der Waals surface area contributed by atoms with E-state index >= 15 is 0 Å². The molecule has 0 aliphatic heterocycles. The zero-order chi connectivity index (χ0) is 17.9. The zero-order valence-corrected chi connectivity index (χ0v) is 15.0. The first-order valence-electron chi connectivity index (χ1n) is 9.31. The number of rotatable bonds is 3. The minimum atomic E-state index is -0.125. The maximum Gasteiger partial charge on any atom is 0.319 e. The predicted molar refractivity (Wildman–Crippen MR) is 104 cm³/mol. The minimum Gasteiger partial charge on any atom is -0.335 e. The molecule has 1 fully saturated rings. The number of imidazole rings is 1. The molecule has 2 heterocycles. The van der Waals surface area contributed by atoms with Gasteiger partial charge in [0.15, 0.2) is 0 Å². The second kappa shape index (κ2) is 7.20. The summed E-state index contributed by atoms with van der Waals surface area (Å²) in [6.07, 6.45) is 9.92. The van der Waals surface area contributed by atoms with Crippen LogP contribution in [0.15, 0.2) is 48.8 Å². The summed E-state index contributed by atoms with van der Waals surface area (Å²) in [6, 6.07) is 12.1. The summed E-state index contributed by atoms with van der Waals surface area (Å²) >= 11 is 0. The van der Waals surface area contributed by atoms with Gasteiger partial charge in [0.2, 0.25) is 0 Å². The third-order valence-corrected chi connectivity index (χ3v) is 4.96. The fraction of sp³-hybridized carbons (Fsp3) is 0.333. The molecule has 0 spiro atoms. The van der Waals surface area contributed by atoms with Gasteiger partial charge in [-0.1, -0.05) is 37.5 Å². The monoisotopic (exact) mass is 348 g/mol. The van der Waals surface area contributed by atoms with Crippen molar-refractivity contribution < 1.29 is 4.79 Å². The van der Waals surface area contributed by atoms with Crippen molar-refractivity contribution in [2.45, 2.75) is 45.1 Å². The summed E-state index contributed by atoms with van der Waals surface area (Å²) in [5.74, 6) is 0. The normalized spacial score (nSPS) is 15.1. The van der Waals surface area contributed by atoms with E-state index in [1.54, 1.807) is 0 Å². The Morgan fingerprint density at radius 3 is 2.81 bits per heavy atom. The predicted octanol–water partition coefficient (Wildman–Crippen LogP) is 4.76. The summed E-state index contributed by atoms with van der Waals surface area (Å²) in [4.78, 5) is 16.9. The largest absolute Gasteiger partial charge is 0.335 e. The van der Waals surface area contributed by atoms with Gasteiger partial charge in [0.25, 0.3) is 0 Å². The molecule has 5 nitrogen and oxygen atoms in total. The lowest BCUT2D eigenvalue weighted by Gasteiger charge is -2.22. The highest BCUT2D eigenvalue weighted by Gasteiger charge is 2.15. The fourth-order valence-electron chi connectivity index (χ4n) is 3.60. The van der Waals surface area contributed by atoms with Gasteiger partial charge >= 0.3 is 6.03 Å². The van der Waals surface area contributed by atoms with Crippen LogP contribution in [-0.2, 0) is 0 Å². The number of amides is 2. The first-order valence-corrected chi connectivity index (χ1v) is 9.31. The minimum absolute atomic E-state index is 0.125. The summed E-state index contributed by atoms with van der Waals surface area (Å²) in [5.41, 5.74) is 4.77. The van der Waals surface area contributed by atoms with Gasteiger partial charge in [-0.25, -0.2) is 9.78 Å². The van der Waals surface area contributed by atoms with Gasteiger partial charge in [0, 0.05) is 29.7 Å². The number of aromatic nitrogens is 2. The van der Waals surface area contributed by atoms with Crippen LogP contribution in [0.25, 0.3) is 16.9 Å². The van der Waals surface area contributed by atoms with Gasteiger partial charge in [-0.05, 0) is 43.5 Å². The van der Waals surface area contributed by atoms with Crippen LogP contribution in [0.1, 0.15) is 37.7 Å². The number of hydrogen-bond donors (Lipinski definition) is 2. The smallest absolute Gasteiger partial charge is 0.319 e. The summed E-state index contributed by atoms with van der Waals surface area (Å²) < 4.78 is 2.03. The van der Waals surface area contributed by atoms with Gasteiger partial charge in [0.1, 0.15) is 5.65 Å². The lowest BCUT2D eigenvalue weighted by atomic mass is 9.96. The van der Waals surface area contributed by atoms with E-state index in [0.29, 0.717) is 6.04 Å². The Morgan fingerprint density at radius 2 is 1.96 bits per heavy atom. The molecule has 5 heteroatoms. The Hall–Kier alpha value is -2.82. The van der Waals surface area contributed by atoms with E-state index in [9.17, 15) is 4.79 Å². The third kappa shape index (κ3) is 3.72. The molecule has 0 radical (unpaired) electrons. The fourth-order valence-corrected chi connectivity index (χ4v) is 3.60. The van der Waals surface area contributed by atoms with Crippen molar-refractivity contribution in [2.24, 2.45) is 0 Å². The topological polar surface area (TPSA) is 58.4 Å². The molecule has 3 aromatic rings. The molecule has 0 saturated heterocycles. The lowest BCUT2D eigenvalue weighted by molar-refractivity contribution is 0.244. The number of anilines is 1. The molecule has 134 valence electrons. The van der Waals surface area contributed by atoms with Gasteiger partial charge in [-0.3, -0.25) is 0 Å². The van der Waals surface area contributed by atoms with Crippen molar-refractivity contribution in [3.63, 3.8) is 0 Å². The second-order valence-electron chi connectivity index (χ2n) is 7.11. The van der Waals surface area contributed by atoms with E-state index in [4.69, 9.17) is 0 Å². The molecule has 26 heavy (non-hydrogen) atoms. The molecule has 1 aliphatic carbocycles. The van der Waals surface area contributed by atoms with Crippen molar-refractivity contribution in [1.82, 2.24) is 14.7 Å². The number of nitrogens with one attached hydrogen (secondary N) is 2. The van der Waals surface area contributed by atoms with Crippen LogP contribution < -0.4 is 10.6 Å². The Morgan fingerprint density at radius 1 is 1.12 bits per heavy atom. The summed E-state index contributed by atoms with van der Waals surface area (Å²) in [5, 5.41) is 6.04. The molecule has 2 N–H and O–H groups in total. The van der Waals surface area contributed by atoms with Crippen molar-refractivity contribution in [1.29, 1.82) is 0 Å². The van der Waals surface area contributed by atoms with Gasteiger partial charge in [-0.15, -0.1) is 0 Å². The molecule has 4 rings (SSSR count). The quantitative estimate of drug-likeness (QED) is 0.717. The Balaban J connectivity index is 1.49. The van der Waals surface area contributed by atoms with Gasteiger partial charge < -0.3 is 15.0 Å². The second-order valence-corrected chi connectivity index (χ2v) is 7.11. The molecule has 2 amide bonds. The van der Waals surface area contributed by atoms with Crippen LogP contribution in [0.5, 0.6) is 0 Å². The number of fused-ring (bicyclic) bond motifs is 1. The molecule has 1 aromatic carbocycles. The molecular weight excluding hydrogens is 324 g/mol. The average molecular weight is 348 g/mol. The highest BCUT2D eigenvalue weighted by Crippen LogP contribution is 2.23. The number of urea groups is 1. The Bertz CT molecular complexity index is 925. The SMILES string of the molecule is Cc1ccc2nc(-c3cccc(NC(=O)NC4CCCCC4)c3)cn2c1. The molecular formula is C21H24N4O. The Kier molecular flexibility index (Phi) is 4.61. The van der Waals surface area contributed by atoms with E-state index in [0.717, 1.165) is 35.4 Å². The molecule has 0 atom stereocenters. The van der Waals surface area contributed by atoms with Crippen LogP contribution in [-0.4, -0.2) is 21.5 Å². The summed E-state index contributed by atoms with van der Waals surface area (Å²) in [6.45, 7) is 2.06. The Labute approximate surface area is 153 Å². The van der Waals surface area contributed by atoms with Crippen molar-refractivity contribution in [2.75, 3.05) is 5.32 Å². The maximum absolute atomic E-state index is 12.3. The van der Waals surface area contributed by atoms with Crippen LogP contribution in [0.4, 0.5) is 10.5 Å². The zero-order valence-electron chi connectivity index (χ0n) is 15.0. The van der Waals surface area contributed by atoms with Crippen LogP contribution in [0.2, 0.25) is 0 Å². The number of carbonyl (C=O) groups is 1. The first kappa shape index (κ1) is 16.6. The summed E-state index contributed by atoms with van der Waals surface area (Å²) in [7, 11) is 0. The van der Waals surface area contributed by atoms with Crippen molar-refractivity contribution >= 4 is 17.4 Å². The van der Waals surface area contributed by atoms with E-state index in [2.05, 4.69) is 34.8 Å². The van der Waals surface area contributed by atoms with Crippen molar-refractivity contribution in [3.8, 4) is 11.3 Å². The van der Waals surface area contributed by atoms with Gasteiger partial charge in [-0.2, -0.15) is 0 Å². The van der Waals surface area contributed by atoms with Gasteiger partial charge in [0.05, 0.1) is 5.69 Å². The lowest BCUT2D eigenvalue weighted by Crippen LogP contribution is -2.39. The highest BCUT2D eigenvalue weighted by atomic mass is 16.2. The molecule has 0 unspecified atom stereocenters. The number of pyridine rings is 1. The van der Waals surface area contributed by atoms with E-state index < -0.39 is 0 Å². The van der Waals surface area contributed by atoms with E-state index in [-0.39, 0.29) is 6.03 Å². The van der Waals surface area contributed by atoms with E-state index in [1.165, 1.54) is 24.8 Å². The first-order chi connectivity index (χ1) is 12.7. The van der Waals surface area contributed by atoms with Crippen LogP contribution in [0, 0.1) is 6.92 Å². The number of benzene rings is 1. The molecule has 1 aliphatic rings. The van der Waals surface area contributed by atoms with Crippen LogP contribution in [0.3, 0.4) is 0 Å². The van der Waals surface area contributed by atoms with E-state index in [1.807, 2.05) is 40.9 Å². The number of carbonyl (C=O) groups excluding carboxylic acids is 1.